The van der Waals surface area contributed by atoms with Gasteiger partial charge in [0.05, 0.1) is 17.6 Å². The van der Waals surface area contributed by atoms with Crippen LogP contribution in [-0.4, -0.2) is 16.2 Å². The molecule has 30 heavy (non-hydrogen) atoms. The first-order valence-electron chi connectivity index (χ1n) is 11.0. The van der Waals surface area contributed by atoms with Crippen LogP contribution in [0.25, 0.3) is 11.0 Å². The van der Waals surface area contributed by atoms with E-state index in [0.717, 1.165) is 42.9 Å². The third kappa shape index (κ3) is 4.73. The Morgan fingerprint density at radius 2 is 1.60 bits per heavy atom. The van der Waals surface area contributed by atoms with E-state index in [1.54, 1.807) is 0 Å². The zero-order valence-electron chi connectivity index (χ0n) is 17.9. The SMILES string of the molecule is CCC(C)c1ccc(OCCn2c(CCc3ccccc3)nc3ccccc32)cc1. The lowest BCUT2D eigenvalue weighted by Crippen LogP contribution is -2.12. The molecule has 3 nitrogen and oxygen atoms in total. The number of nitrogens with zero attached hydrogens (tertiary/aromatic N) is 2. The molecule has 0 spiro atoms. The monoisotopic (exact) mass is 398 g/mol. The van der Waals surface area contributed by atoms with Crippen molar-refractivity contribution in [1.29, 1.82) is 0 Å². The van der Waals surface area contributed by atoms with Crippen molar-refractivity contribution in [3.63, 3.8) is 0 Å². The highest BCUT2D eigenvalue weighted by atomic mass is 16.5. The van der Waals surface area contributed by atoms with Crippen LogP contribution in [0.15, 0.2) is 78.9 Å². The maximum absolute atomic E-state index is 6.07. The minimum absolute atomic E-state index is 0.587. The highest BCUT2D eigenvalue weighted by Crippen LogP contribution is 2.22. The first-order chi connectivity index (χ1) is 14.7. The molecule has 0 saturated heterocycles. The van der Waals surface area contributed by atoms with Crippen LogP contribution < -0.4 is 4.74 Å². The number of aryl methyl sites for hydroxylation is 2. The van der Waals surface area contributed by atoms with E-state index in [0.29, 0.717) is 12.5 Å². The summed E-state index contributed by atoms with van der Waals surface area (Å²) in [5.74, 6) is 2.64. The number of benzene rings is 3. The number of hydrogen-bond acceptors (Lipinski definition) is 2. The maximum atomic E-state index is 6.07. The van der Waals surface area contributed by atoms with Gasteiger partial charge in [0.15, 0.2) is 0 Å². The summed E-state index contributed by atoms with van der Waals surface area (Å²) in [5, 5.41) is 0. The van der Waals surface area contributed by atoms with Crippen LogP contribution >= 0.6 is 0 Å². The smallest absolute Gasteiger partial charge is 0.119 e. The molecule has 154 valence electrons. The zero-order valence-corrected chi connectivity index (χ0v) is 17.9. The Balaban J connectivity index is 1.45. The van der Waals surface area contributed by atoms with Crippen molar-refractivity contribution >= 4 is 11.0 Å². The number of rotatable bonds is 9. The van der Waals surface area contributed by atoms with Gasteiger partial charge in [-0.25, -0.2) is 4.98 Å². The van der Waals surface area contributed by atoms with Gasteiger partial charge in [-0.2, -0.15) is 0 Å². The second kappa shape index (κ2) is 9.62. The van der Waals surface area contributed by atoms with E-state index in [1.807, 2.05) is 0 Å². The molecular formula is C27H30N2O. The molecule has 0 bridgehead atoms. The molecule has 0 N–H and O–H groups in total. The van der Waals surface area contributed by atoms with E-state index in [4.69, 9.17) is 9.72 Å². The Morgan fingerprint density at radius 3 is 2.37 bits per heavy atom. The van der Waals surface area contributed by atoms with Crippen LogP contribution in [0.4, 0.5) is 0 Å². The van der Waals surface area contributed by atoms with Gasteiger partial charge in [0, 0.05) is 6.42 Å². The van der Waals surface area contributed by atoms with Crippen LogP contribution in [0.3, 0.4) is 0 Å². The van der Waals surface area contributed by atoms with Gasteiger partial charge in [0.2, 0.25) is 0 Å². The molecular weight excluding hydrogens is 368 g/mol. The van der Waals surface area contributed by atoms with Crippen molar-refractivity contribution in [2.75, 3.05) is 6.61 Å². The van der Waals surface area contributed by atoms with Crippen LogP contribution in [0.5, 0.6) is 5.75 Å². The van der Waals surface area contributed by atoms with Crippen LogP contribution in [0.2, 0.25) is 0 Å². The number of para-hydroxylation sites is 2. The molecule has 4 rings (SSSR count). The summed E-state index contributed by atoms with van der Waals surface area (Å²) in [6, 6.07) is 27.5. The molecule has 4 aromatic rings. The predicted molar refractivity (Wildman–Crippen MR) is 124 cm³/mol. The molecule has 0 saturated carbocycles. The summed E-state index contributed by atoms with van der Waals surface area (Å²) in [6.07, 6.45) is 3.06. The minimum atomic E-state index is 0.587. The van der Waals surface area contributed by atoms with E-state index in [-0.39, 0.29) is 0 Å². The van der Waals surface area contributed by atoms with Gasteiger partial charge < -0.3 is 9.30 Å². The first kappa shape index (κ1) is 20.2. The maximum Gasteiger partial charge on any atom is 0.119 e. The average Bonchev–Trinajstić information content (AvgIpc) is 3.16. The normalized spacial score (nSPS) is 12.2. The highest BCUT2D eigenvalue weighted by molar-refractivity contribution is 5.75. The fourth-order valence-corrected chi connectivity index (χ4v) is 3.85. The Morgan fingerprint density at radius 1 is 0.867 bits per heavy atom. The van der Waals surface area contributed by atoms with Gasteiger partial charge in [0.1, 0.15) is 18.2 Å². The lowest BCUT2D eigenvalue weighted by Gasteiger charge is -2.13. The standard InChI is InChI=1S/C27H30N2O/c1-3-21(2)23-14-16-24(17-15-23)30-20-19-29-26-12-8-7-11-25(26)28-27(29)18-13-22-9-5-4-6-10-22/h4-12,14-17,21H,3,13,18-20H2,1-2H3. The molecule has 1 aromatic heterocycles. The van der Waals surface area contributed by atoms with Gasteiger partial charge in [-0.15, -0.1) is 0 Å². The van der Waals surface area contributed by atoms with Gasteiger partial charge in [-0.05, 0) is 54.2 Å². The molecule has 0 amide bonds. The fourth-order valence-electron chi connectivity index (χ4n) is 3.85. The van der Waals surface area contributed by atoms with Gasteiger partial charge >= 0.3 is 0 Å². The summed E-state index contributed by atoms with van der Waals surface area (Å²) in [6.45, 7) is 5.90. The molecule has 1 atom stereocenters. The molecule has 0 aliphatic heterocycles. The molecule has 0 aliphatic carbocycles. The third-order valence-electron chi connectivity index (χ3n) is 5.86. The van der Waals surface area contributed by atoms with Crippen LogP contribution in [0, 0.1) is 0 Å². The van der Waals surface area contributed by atoms with Gasteiger partial charge in [0.25, 0.3) is 0 Å². The first-order valence-corrected chi connectivity index (χ1v) is 11.0. The number of imidazole rings is 1. The second-order valence-corrected chi connectivity index (χ2v) is 7.88. The van der Waals surface area contributed by atoms with E-state index in [1.165, 1.54) is 16.6 Å². The van der Waals surface area contributed by atoms with Gasteiger partial charge in [-0.1, -0.05) is 68.4 Å². The Labute approximate surface area is 179 Å². The molecule has 3 heteroatoms. The fraction of sp³-hybridized carbons (Fsp3) is 0.296. The molecule has 0 aliphatic rings. The summed E-state index contributed by atoms with van der Waals surface area (Å²) < 4.78 is 8.38. The van der Waals surface area contributed by atoms with E-state index in [9.17, 15) is 0 Å². The third-order valence-corrected chi connectivity index (χ3v) is 5.86. The van der Waals surface area contributed by atoms with Crippen molar-refractivity contribution in [2.24, 2.45) is 0 Å². The Bertz CT molecular complexity index is 1070. The molecule has 3 aromatic carbocycles. The number of aromatic nitrogens is 2. The van der Waals surface area contributed by atoms with Crippen molar-refractivity contribution in [1.82, 2.24) is 9.55 Å². The number of ether oxygens (including phenoxy) is 1. The van der Waals surface area contributed by atoms with E-state index in [2.05, 4.69) is 97.3 Å². The highest BCUT2D eigenvalue weighted by Gasteiger charge is 2.11. The predicted octanol–water partition coefficient (Wildman–Crippen LogP) is 6.41. The molecule has 1 heterocycles. The van der Waals surface area contributed by atoms with E-state index >= 15 is 0 Å². The second-order valence-electron chi connectivity index (χ2n) is 7.88. The Hall–Kier alpha value is -3.07. The van der Waals surface area contributed by atoms with Crippen molar-refractivity contribution < 1.29 is 4.74 Å². The molecule has 1 unspecified atom stereocenters. The summed E-state index contributed by atoms with van der Waals surface area (Å²) in [4.78, 5) is 4.90. The van der Waals surface area contributed by atoms with Crippen molar-refractivity contribution in [2.45, 2.75) is 45.6 Å². The summed E-state index contributed by atoms with van der Waals surface area (Å²) >= 11 is 0. The van der Waals surface area contributed by atoms with Crippen molar-refractivity contribution in [3.8, 4) is 5.75 Å². The quantitative estimate of drug-likeness (QED) is 0.325. The minimum Gasteiger partial charge on any atom is -0.492 e. The lowest BCUT2D eigenvalue weighted by atomic mass is 9.99. The lowest BCUT2D eigenvalue weighted by molar-refractivity contribution is 0.298. The largest absolute Gasteiger partial charge is 0.492 e. The average molecular weight is 399 g/mol. The number of hydrogen-bond donors (Lipinski definition) is 0. The van der Waals surface area contributed by atoms with Crippen LogP contribution in [0.1, 0.15) is 43.1 Å². The molecule has 0 radical (unpaired) electrons. The molecule has 0 fully saturated rings. The number of fused-ring (bicyclic) bond motifs is 1. The van der Waals surface area contributed by atoms with E-state index < -0.39 is 0 Å². The zero-order chi connectivity index (χ0) is 20.8. The van der Waals surface area contributed by atoms with Crippen LogP contribution in [-0.2, 0) is 19.4 Å². The topological polar surface area (TPSA) is 27.1 Å². The summed E-state index contributed by atoms with van der Waals surface area (Å²) in [7, 11) is 0. The van der Waals surface area contributed by atoms with Crippen molar-refractivity contribution in [3.05, 3.63) is 95.8 Å². The van der Waals surface area contributed by atoms with Gasteiger partial charge in [-0.3, -0.25) is 0 Å². The Kier molecular flexibility index (Phi) is 6.48. The summed E-state index contributed by atoms with van der Waals surface area (Å²) in [5.41, 5.74) is 4.94.